The molecular formula is C16H20ClN3OS. The van der Waals surface area contributed by atoms with Gasteiger partial charge in [-0.1, -0.05) is 23.5 Å². The molecule has 6 heteroatoms. The molecule has 0 fully saturated rings. The van der Waals surface area contributed by atoms with Gasteiger partial charge in [0.1, 0.15) is 4.88 Å². The maximum Gasteiger partial charge on any atom is 0.266 e. The fourth-order valence-corrected chi connectivity index (χ4v) is 3.83. The van der Waals surface area contributed by atoms with Crippen LogP contribution in [0.2, 0.25) is 0 Å². The minimum atomic E-state index is 0. The van der Waals surface area contributed by atoms with Crippen LogP contribution in [-0.2, 0) is 0 Å². The number of fused-ring (bicyclic) bond motifs is 3. The molecule has 0 saturated carbocycles. The molecule has 0 unspecified atom stereocenters. The second-order valence-electron chi connectivity index (χ2n) is 5.42. The summed E-state index contributed by atoms with van der Waals surface area (Å²) in [6.45, 7) is 8.83. The van der Waals surface area contributed by atoms with Gasteiger partial charge in [0.25, 0.3) is 5.91 Å². The van der Waals surface area contributed by atoms with Crippen molar-refractivity contribution in [3.05, 3.63) is 34.8 Å². The van der Waals surface area contributed by atoms with Crippen LogP contribution in [0.15, 0.2) is 24.3 Å². The third kappa shape index (κ3) is 2.48. The Hall–Kier alpha value is -1.59. The summed E-state index contributed by atoms with van der Waals surface area (Å²) in [5, 5.41) is 0. The van der Waals surface area contributed by atoms with Crippen LogP contribution in [0.3, 0.4) is 0 Å². The molecule has 0 aliphatic carbocycles. The number of aryl methyl sites for hydroxylation is 1. The number of thiazole rings is 1. The topological polar surface area (TPSA) is 37.6 Å². The molecule has 0 saturated heterocycles. The van der Waals surface area contributed by atoms with E-state index < -0.39 is 0 Å². The molecule has 0 radical (unpaired) electrons. The van der Waals surface area contributed by atoms with Crippen molar-refractivity contribution in [2.45, 2.75) is 33.7 Å². The second kappa shape index (κ2) is 6.26. The van der Waals surface area contributed by atoms with Gasteiger partial charge in [-0.05, 0) is 39.8 Å². The highest BCUT2D eigenvalue weighted by molar-refractivity contribution is 7.19. The Bertz CT molecular complexity index is 821. The van der Waals surface area contributed by atoms with Crippen LogP contribution in [0, 0.1) is 6.92 Å². The fraction of sp³-hybridized carbons (Fsp3) is 0.375. The van der Waals surface area contributed by atoms with Gasteiger partial charge in [0.15, 0.2) is 4.96 Å². The van der Waals surface area contributed by atoms with Crippen LogP contribution in [0.1, 0.15) is 36.1 Å². The first-order valence-electron chi connectivity index (χ1n) is 7.22. The van der Waals surface area contributed by atoms with Crippen LogP contribution in [-0.4, -0.2) is 32.8 Å². The molecule has 0 N–H and O–H groups in total. The first kappa shape index (κ1) is 16.8. The number of para-hydroxylation sites is 2. The molecule has 1 aromatic carbocycles. The summed E-state index contributed by atoms with van der Waals surface area (Å²) in [4.78, 5) is 20.9. The number of aromatic nitrogens is 2. The number of hydrogen-bond donors (Lipinski definition) is 0. The molecule has 1 amide bonds. The van der Waals surface area contributed by atoms with Gasteiger partial charge in [-0.15, -0.1) is 12.4 Å². The molecular weight excluding hydrogens is 318 g/mol. The van der Waals surface area contributed by atoms with E-state index in [-0.39, 0.29) is 24.4 Å². The Morgan fingerprint density at radius 2 is 2.05 bits per heavy atom. The molecule has 118 valence electrons. The number of imidazole rings is 1. The lowest BCUT2D eigenvalue weighted by Crippen LogP contribution is -2.36. The minimum absolute atomic E-state index is 0. The molecule has 0 bridgehead atoms. The maximum absolute atomic E-state index is 12.7. The second-order valence-corrected chi connectivity index (χ2v) is 6.40. The van der Waals surface area contributed by atoms with Gasteiger partial charge in [-0.3, -0.25) is 9.20 Å². The van der Waals surface area contributed by atoms with Crippen molar-refractivity contribution in [1.82, 2.24) is 14.3 Å². The van der Waals surface area contributed by atoms with Crippen molar-refractivity contribution in [3.63, 3.8) is 0 Å². The largest absolute Gasteiger partial charge is 0.336 e. The van der Waals surface area contributed by atoms with Crippen molar-refractivity contribution in [1.29, 1.82) is 0 Å². The van der Waals surface area contributed by atoms with Crippen LogP contribution in [0.5, 0.6) is 0 Å². The van der Waals surface area contributed by atoms with Gasteiger partial charge in [-0.2, -0.15) is 0 Å². The number of carbonyl (C=O) groups is 1. The van der Waals surface area contributed by atoms with E-state index in [2.05, 4.69) is 9.38 Å². The summed E-state index contributed by atoms with van der Waals surface area (Å²) in [6, 6.07) is 8.24. The highest BCUT2D eigenvalue weighted by Crippen LogP contribution is 2.28. The average Bonchev–Trinajstić information content (AvgIpc) is 2.96. The Kier molecular flexibility index (Phi) is 4.78. The van der Waals surface area contributed by atoms with Gasteiger partial charge in [0.2, 0.25) is 0 Å². The van der Waals surface area contributed by atoms with E-state index in [9.17, 15) is 4.79 Å². The predicted octanol–water partition coefficient (Wildman–Crippen LogP) is 4.15. The summed E-state index contributed by atoms with van der Waals surface area (Å²) in [5.74, 6) is 0.101. The van der Waals surface area contributed by atoms with E-state index in [0.29, 0.717) is 0 Å². The Morgan fingerprint density at radius 3 is 2.68 bits per heavy atom. The summed E-state index contributed by atoms with van der Waals surface area (Å²) in [7, 11) is 0. The van der Waals surface area contributed by atoms with E-state index in [1.807, 2.05) is 56.9 Å². The van der Waals surface area contributed by atoms with E-state index in [4.69, 9.17) is 0 Å². The standard InChI is InChI=1S/C16H19N3OS.ClH/c1-5-18(10(2)3)15(20)14-11(4)19-13-9-7-6-8-12(13)17-16(19)21-14;/h6-10H,5H2,1-4H3;1H. The third-order valence-electron chi connectivity index (χ3n) is 3.81. The van der Waals surface area contributed by atoms with Crippen LogP contribution >= 0.6 is 23.7 Å². The highest BCUT2D eigenvalue weighted by Gasteiger charge is 2.23. The van der Waals surface area contributed by atoms with Gasteiger partial charge < -0.3 is 4.90 Å². The molecule has 0 aliphatic heterocycles. The fourth-order valence-electron chi connectivity index (χ4n) is 2.74. The number of carbonyl (C=O) groups excluding carboxylic acids is 1. The van der Waals surface area contributed by atoms with E-state index in [0.717, 1.165) is 33.1 Å². The van der Waals surface area contributed by atoms with E-state index >= 15 is 0 Å². The van der Waals surface area contributed by atoms with E-state index in [1.165, 1.54) is 11.3 Å². The maximum atomic E-state index is 12.7. The summed E-state index contributed by atoms with van der Waals surface area (Å²) >= 11 is 1.48. The van der Waals surface area contributed by atoms with Crippen LogP contribution in [0.25, 0.3) is 16.0 Å². The molecule has 0 aliphatic rings. The van der Waals surface area contributed by atoms with Crippen LogP contribution in [0.4, 0.5) is 0 Å². The highest BCUT2D eigenvalue weighted by atomic mass is 35.5. The van der Waals surface area contributed by atoms with Crippen molar-refractivity contribution >= 4 is 45.6 Å². The average molecular weight is 338 g/mol. The number of amides is 1. The molecule has 22 heavy (non-hydrogen) atoms. The quantitative estimate of drug-likeness (QED) is 0.720. The number of nitrogens with zero attached hydrogens (tertiary/aromatic N) is 3. The molecule has 2 heterocycles. The van der Waals surface area contributed by atoms with Crippen molar-refractivity contribution < 1.29 is 4.79 Å². The first-order chi connectivity index (χ1) is 10.0. The zero-order valence-electron chi connectivity index (χ0n) is 13.2. The molecule has 2 aromatic heterocycles. The van der Waals surface area contributed by atoms with Crippen molar-refractivity contribution in [2.75, 3.05) is 6.54 Å². The zero-order chi connectivity index (χ0) is 15.1. The normalized spacial score (nSPS) is 11.1. The smallest absolute Gasteiger partial charge is 0.266 e. The lowest BCUT2D eigenvalue weighted by atomic mass is 10.2. The Balaban J connectivity index is 0.00000176. The zero-order valence-corrected chi connectivity index (χ0v) is 14.8. The van der Waals surface area contributed by atoms with Gasteiger partial charge in [0.05, 0.1) is 11.0 Å². The number of benzene rings is 1. The third-order valence-corrected chi connectivity index (χ3v) is 4.94. The van der Waals surface area contributed by atoms with Crippen molar-refractivity contribution in [3.8, 4) is 0 Å². The monoisotopic (exact) mass is 337 g/mol. The molecule has 4 nitrogen and oxygen atoms in total. The van der Waals surface area contributed by atoms with E-state index in [1.54, 1.807) is 0 Å². The molecule has 0 atom stereocenters. The lowest BCUT2D eigenvalue weighted by Gasteiger charge is -2.24. The number of hydrogen-bond acceptors (Lipinski definition) is 3. The Labute approximate surface area is 140 Å². The summed E-state index contributed by atoms with van der Waals surface area (Å²) < 4.78 is 2.08. The van der Waals surface area contributed by atoms with Crippen molar-refractivity contribution in [2.24, 2.45) is 0 Å². The molecule has 3 rings (SSSR count). The molecule has 0 spiro atoms. The summed E-state index contributed by atoms with van der Waals surface area (Å²) in [5.41, 5.74) is 3.02. The number of rotatable bonds is 3. The number of halogens is 1. The van der Waals surface area contributed by atoms with Gasteiger partial charge in [-0.25, -0.2) is 4.98 Å². The SMILES string of the molecule is CCN(C(=O)c1sc2nc3ccccc3n2c1C)C(C)C.Cl. The first-order valence-corrected chi connectivity index (χ1v) is 8.03. The predicted molar refractivity (Wildman–Crippen MR) is 94.4 cm³/mol. The van der Waals surface area contributed by atoms with Gasteiger partial charge in [0, 0.05) is 18.3 Å². The molecule has 3 aromatic rings. The minimum Gasteiger partial charge on any atom is -0.336 e. The Morgan fingerprint density at radius 1 is 1.36 bits per heavy atom. The summed E-state index contributed by atoms with van der Waals surface area (Å²) in [6.07, 6.45) is 0. The lowest BCUT2D eigenvalue weighted by molar-refractivity contribution is 0.0721. The van der Waals surface area contributed by atoms with Crippen LogP contribution < -0.4 is 0 Å². The van der Waals surface area contributed by atoms with Gasteiger partial charge >= 0.3 is 0 Å².